The second-order valence-corrected chi connectivity index (χ2v) is 9.41. The summed E-state index contributed by atoms with van der Waals surface area (Å²) in [5, 5.41) is 0.616. The van der Waals surface area contributed by atoms with E-state index < -0.39 is 0 Å². The van der Waals surface area contributed by atoms with E-state index in [0.717, 1.165) is 43.2 Å². The zero-order chi connectivity index (χ0) is 23.4. The van der Waals surface area contributed by atoms with Crippen molar-refractivity contribution >= 4 is 29.1 Å². The molecular formula is C26H32ClN3O3. The molecule has 0 amide bonds. The van der Waals surface area contributed by atoms with E-state index in [2.05, 4.69) is 23.6 Å². The maximum Gasteiger partial charge on any atom is 0.307 e. The van der Waals surface area contributed by atoms with Gasteiger partial charge in [0.2, 0.25) is 0 Å². The molecule has 1 fully saturated rings. The highest BCUT2D eigenvalue weighted by molar-refractivity contribution is 6.31. The molecule has 2 aromatic carbocycles. The van der Waals surface area contributed by atoms with Gasteiger partial charge in [-0.3, -0.25) is 9.69 Å². The number of halogens is 1. The Morgan fingerprint density at radius 2 is 2.03 bits per heavy atom. The highest BCUT2D eigenvalue weighted by Crippen LogP contribution is 2.39. The SMILES string of the molecule is CCOC(=O)C[C@H]1CN(C2=Nc3cc(Cl)ccc3Oc3ccccc32)CCN1CCC(C)C. The first kappa shape index (κ1) is 23.6. The number of ether oxygens (including phenoxy) is 2. The van der Waals surface area contributed by atoms with E-state index in [1.807, 2.05) is 49.4 Å². The quantitative estimate of drug-likeness (QED) is 0.522. The fourth-order valence-corrected chi connectivity index (χ4v) is 4.51. The van der Waals surface area contributed by atoms with Crippen molar-refractivity contribution in [2.24, 2.45) is 10.9 Å². The van der Waals surface area contributed by atoms with E-state index in [1.54, 1.807) is 0 Å². The Morgan fingerprint density at radius 1 is 1.21 bits per heavy atom. The molecule has 0 aliphatic carbocycles. The van der Waals surface area contributed by atoms with Gasteiger partial charge in [-0.15, -0.1) is 0 Å². The molecule has 0 N–H and O–H groups in total. The summed E-state index contributed by atoms with van der Waals surface area (Å²) in [6.45, 7) is 10.1. The van der Waals surface area contributed by atoms with E-state index in [-0.39, 0.29) is 12.0 Å². The molecule has 1 saturated heterocycles. The highest BCUT2D eigenvalue weighted by atomic mass is 35.5. The first-order valence-corrected chi connectivity index (χ1v) is 12.1. The molecule has 2 aliphatic rings. The molecule has 0 saturated carbocycles. The van der Waals surface area contributed by atoms with Crippen LogP contribution in [-0.2, 0) is 9.53 Å². The molecule has 1 atom stereocenters. The van der Waals surface area contributed by atoms with E-state index in [4.69, 9.17) is 26.1 Å². The number of rotatable bonds is 6. The maximum absolute atomic E-state index is 12.4. The summed E-state index contributed by atoms with van der Waals surface area (Å²) in [6.07, 6.45) is 1.47. The van der Waals surface area contributed by atoms with Crippen LogP contribution in [0.1, 0.15) is 39.2 Å². The molecule has 0 radical (unpaired) electrons. The van der Waals surface area contributed by atoms with Gasteiger partial charge in [-0.1, -0.05) is 37.6 Å². The molecule has 0 aromatic heterocycles. The number of carbonyl (C=O) groups excluding carboxylic acids is 1. The van der Waals surface area contributed by atoms with Crippen LogP contribution in [0.2, 0.25) is 5.02 Å². The van der Waals surface area contributed by atoms with Gasteiger partial charge in [0.1, 0.15) is 17.3 Å². The average molecular weight is 470 g/mol. The van der Waals surface area contributed by atoms with Gasteiger partial charge in [0.05, 0.1) is 18.6 Å². The van der Waals surface area contributed by atoms with E-state index >= 15 is 0 Å². The van der Waals surface area contributed by atoms with Crippen molar-refractivity contribution in [1.29, 1.82) is 0 Å². The smallest absolute Gasteiger partial charge is 0.307 e. The lowest BCUT2D eigenvalue weighted by molar-refractivity contribution is -0.145. The minimum absolute atomic E-state index is 0.0643. The second kappa shape index (κ2) is 10.6. The van der Waals surface area contributed by atoms with Crippen molar-refractivity contribution in [2.45, 2.75) is 39.7 Å². The molecule has 7 heteroatoms. The molecule has 2 aliphatic heterocycles. The topological polar surface area (TPSA) is 54.4 Å². The standard InChI is InChI=1S/C26H32ClN3O3/c1-4-32-25(31)16-20-17-30(14-13-29(20)12-11-18(2)3)26-21-7-5-6-8-23(21)33-24-10-9-19(27)15-22(24)28-26/h5-10,15,18,20H,4,11-14,16-17H2,1-3H3/t20-/m0/s1. The van der Waals surface area contributed by atoms with Crippen molar-refractivity contribution in [3.63, 3.8) is 0 Å². The molecule has 0 spiro atoms. The summed E-state index contributed by atoms with van der Waals surface area (Å²) >= 11 is 6.27. The van der Waals surface area contributed by atoms with Gasteiger partial charge in [0, 0.05) is 30.7 Å². The Hall–Kier alpha value is -2.57. The number of aliphatic imine (C=N–C) groups is 1. The van der Waals surface area contributed by atoms with Crippen molar-refractivity contribution in [2.75, 3.05) is 32.8 Å². The number of hydrogen-bond acceptors (Lipinski definition) is 6. The summed E-state index contributed by atoms with van der Waals surface area (Å²) in [5.74, 6) is 2.76. The Labute approximate surface area is 201 Å². The number of piperazine rings is 1. The molecular weight excluding hydrogens is 438 g/mol. The van der Waals surface area contributed by atoms with Gasteiger partial charge in [-0.2, -0.15) is 0 Å². The van der Waals surface area contributed by atoms with Gasteiger partial charge in [0.25, 0.3) is 0 Å². The predicted octanol–water partition coefficient (Wildman–Crippen LogP) is 5.51. The van der Waals surface area contributed by atoms with Crippen molar-refractivity contribution < 1.29 is 14.3 Å². The second-order valence-electron chi connectivity index (χ2n) is 8.97. The minimum atomic E-state index is -0.150. The number of carbonyl (C=O) groups is 1. The molecule has 0 unspecified atom stereocenters. The van der Waals surface area contributed by atoms with E-state index in [0.29, 0.717) is 41.9 Å². The van der Waals surface area contributed by atoms with Crippen LogP contribution in [0.25, 0.3) is 0 Å². The van der Waals surface area contributed by atoms with Crippen LogP contribution in [0.4, 0.5) is 5.69 Å². The summed E-state index contributed by atoms with van der Waals surface area (Å²) < 4.78 is 11.5. The summed E-state index contributed by atoms with van der Waals surface area (Å²) in [6, 6.07) is 13.5. The monoisotopic (exact) mass is 469 g/mol. The van der Waals surface area contributed by atoms with Crippen LogP contribution in [0, 0.1) is 5.92 Å². The molecule has 33 heavy (non-hydrogen) atoms. The first-order chi connectivity index (χ1) is 15.9. The zero-order valence-corrected chi connectivity index (χ0v) is 20.3. The lowest BCUT2D eigenvalue weighted by atomic mass is 10.0. The van der Waals surface area contributed by atoms with Crippen LogP contribution in [0.3, 0.4) is 0 Å². The lowest BCUT2D eigenvalue weighted by Gasteiger charge is -2.42. The predicted molar refractivity (Wildman–Crippen MR) is 132 cm³/mol. The largest absolute Gasteiger partial charge is 0.466 e. The summed E-state index contributed by atoms with van der Waals surface area (Å²) in [4.78, 5) is 22.1. The minimum Gasteiger partial charge on any atom is -0.466 e. The fourth-order valence-electron chi connectivity index (χ4n) is 4.35. The number of amidine groups is 1. The Kier molecular flexibility index (Phi) is 7.56. The Balaban J connectivity index is 1.65. The number of hydrogen-bond donors (Lipinski definition) is 0. The molecule has 2 heterocycles. The number of esters is 1. The third-order valence-corrected chi connectivity index (χ3v) is 6.34. The van der Waals surface area contributed by atoms with Gasteiger partial charge in [0.15, 0.2) is 5.75 Å². The third kappa shape index (κ3) is 5.68. The van der Waals surface area contributed by atoms with Gasteiger partial charge >= 0.3 is 5.97 Å². The molecule has 176 valence electrons. The Morgan fingerprint density at radius 3 is 2.82 bits per heavy atom. The maximum atomic E-state index is 12.4. The fraction of sp³-hybridized carbons (Fsp3) is 0.462. The van der Waals surface area contributed by atoms with Crippen LogP contribution in [0.15, 0.2) is 47.5 Å². The van der Waals surface area contributed by atoms with Crippen LogP contribution < -0.4 is 4.74 Å². The summed E-state index contributed by atoms with van der Waals surface area (Å²) in [7, 11) is 0. The van der Waals surface area contributed by atoms with Gasteiger partial charge in [-0.25, -0.2) is 4.99 Å². The average Bonchev–Trinajstić information content (AvgIpc) is 2.95. The molecule has 0 bridgehead atoms. The van der Waals surface area contributed by atoms with Crippen molar-refractivity contribution in [3.05, 3.63) is 53.1 Å². The number of nitrogens with zero attached hydrogens (tertiary/aromatic N) is 3. The molecule has 4 rings (SSSR count). The van der Waals surface area contributed by atoms with Gasteiger partial charge < -0.3 is 14.4 Å². The summed E-state index contributed by atoms with van der Waals surface area (Å²) in [5.41, 5.74) is 1.65. The lowest BCUT2D eigenvalue weighted by Crippen LogP contribution is -2.55. The number of fused-ring (bicyclic) bond motifs is 2. The highest BCUT2D eigenvalue weighted by Gasteiger charge is 2.32. The zero-order valence-electron chi connectivity index (χ0n) is 19.6. The normalized spacial score (nSPS) is 18.2. The van der Waals surface area contributed by atoms with Crippen LogP contribution in [0.5, 0.6) is 11.5 Å². The molecule has 2 aromatic rings. The van der Waals surface area contributed by atoms with Crippen molar-refractivity contribution in [1.82, 2.24) is 9.80 Å². The first-order valence-electron chi connectivity index (χ1n) is 11.7. The van der Waals surface area contributed by atoms with Crippen LogP contribution in [-0.4, -0.2) is 60.4 Å². The van der Waals surface area contributed by atoms with E-state index in [9.17, 15) is 4.79 Å². The third-order valence-electron chi connectivity index (χ3n) is 6.10. The van der Waals surface area contributed by atoms with Crippen molar-refractivity contribution in [3.8, 4) is 11.5 Å². The molecule has 6 nitrogen and oxygen atoms in total. The number of benzene rings is 2. The van der Waals surface area contributed by atoms with E-state index in [1.165, 1.54) is 0 Å². The Bertz CT molecular complexity index is 1020. The van der Waals surface area contributed by atoms with Gasteiger partial charge in [-0.05, 0) is 56.1 Å². The number of para-hydroxylation sites is 1. The van der Waals surface area contributed by atoms with Crippen LogP contribution >= 0.6 is 11.6 Å².